The van der Waals surface area contributed by atoms with Gasteiger partial charge < -0.3 is 9.64 Å². The number of aliphatic imine (C=N–C) groups is 1. The van der Waals surface area contributed by atoms with Crippen molar-refractivity contribution in [2.75, 3.05) is 23.5 Å². The predicted molar refractivity (Wildman–Crippen MR) is 112 cm³/mol. The zero-order valence-corrected chi connectivity index (χ0v) is 17.4. The summed E-state index contributed by atoms with van der Waals surface area (Å²) in [5.74, 6) is 0.433. The quantitative estimate of drug-likeness (QED) is 0.724. The average Bonchev–Trinajstić information content (AvgIpc) is 3.15. The number of thioether (sulfide) groups is 1. The van der Waals surface area contributed by atoms with Gasteiger partial charge in [-0.15, -0.1) is 0 Å². The lowest BCUT2D eigenvalue weighted by atomic mass is 10.2. The Kier molecular flexibility index (Phi) is 5.28. The lowest BCUT2D eigenvalue weighted by Crippen LogP contribution is -2.28. The molecule has 0 unspecified atom stereocenters. The van der Waals surface area contributed by atoms with Crippen molar-refractivity contribution in [1.29, 1.82) is 0 Å². The van der Waals surface area contributed by atoms with Crippen LogP contribution in [0.2, 0.25) is 5.02 Å². The van der Waals surface area contributed by atoms with Crippen LogP contribution in [0.15, 0.2) is 47.5 Å². The molecule has 0 aromatic heterocycles. The van der Waals surface area contributed by atoms with E-state index in [1.54, 1.807) is 19.2 Å². The smallest absolute Gasteiger partial charge is 0.164 e. The number of benzene rings is 2. The highest BCUT2D eigenvalue weighted by Gasteiger charge is 2.44. The summed E-state index contributed by atoms with van der Waals surface area (Å²) in [6.45, 7) is 0.177. The second kappa shape index (κ2) is 7.57. The Bertz CT molecular complexity index is 1020. The summed E-state index contributed by atoms with van der Waals surface area (Å²) in [6.07, 6.45) is 0. The van der Waals surface area contributed by atoms with Crippen LogP contribution in [0.25, 0.3) is 0 Å². The number of rotatable bonds is 4. The number of anilines is 1. The third-order valence-electron chi connectivity index (χ3n) is 4.78. The fraction of sp³-hybridized carbons (Fsp3) is 0.316. The molecule has 2 aromatic carbocycles. The highest BCUT2D eigenvalue weighted by molar-refractivity contribution is 8.15. The molecule has 0 radical (unpaired) electrons. The molecule has 1 saturated heterocycles. The van der Waals surface area contributed by atoms with Gasteiger partial charge in [0, 0.05) is 27.6 Å². The van der Waals surface area contributed by atoms with Crippen LogP contribution in [0.3, 0.4) is 0 Å². The Morgan fingerprint density at radius 1 is 1.29 bits per heavy atom. The summed E-state index contributed by atoms with van der Waals surface area (Å²) < 4.78 is 43.5. The maximum Gasteiger partial charge on any atom is 0.164 e. The van der Waals surface area contributed by atoms with Crippen molar-refractivity contribution in [3.05, 3.63) is 58.9 Å². The maximum absolute atomic E-state index is 14.4. The normalized spacial score (nSPS) is 22.6. The lowest BCUT2D eigenvalue weighted by molar-refractivity contribution is 0.415. The Morgan fingerprint density at radius 2 is 2.07 bits per heavy atom. The number of sulfone groups is 1. The largest absolute Gasteiger partial charge is 0.497 e. The van der Waals surface area contributed by atoms with Gasteiger partial charge in [0.25, 0.3) is 0 Å². The molecular weight excluding hydrogens is 423 g/mol. The first-order chi connectivity index (χ1) is 13.4. The number of hydrogen-bond donors (Lipinski definition) is 0. The summed E-state index contributed by atoms with van der Waals surface area (Å²) in [7, 11) is -1.47. The van der Waals surface area contributed by atoms with E-state index in [-0.39, 0.29) is 29.3 Å². The van der Waals surface area contributed by atoms with Gasteiger partial charge in [-0.2, -0.15) is 0 Å². The molecule has 0 N–H and O–H groups in total. The van der Waals surface area contributed by atoms with Crippen LogP contribution in [-0.2, 0) is 16.4 Å². The molecule has 0 amide bonds. The van der Waals surface area contributed by atoms with Crippen LogP contribution in [0.1, 0.15) is 5.56 Å². The molecule has 28 heavy (non-hydrogen) atoms. The molecule has 9 heteroatoms. The number of hydrogen-bond acceptors (Lipinski definition) is 6. The van der Waals surface area contributed by atoms with Crippen LogP contribution in [-0.4, -0.2) is 43.5 Å². The molecule has 4 rings (SSSR count). The van der Waals surface area contributed by atoms with Crippen LogP contribution < -0.4 is 9.64 Å². The van der Waals surface area contributed by atoms with Crippen molar-refractivity contribution in [3.63, 3.8) is 0 Å². The minimum Gasteiger partial charge on any atom is -0.497 e. The van der Waals surface area contributed by atoms with E-state index < -0.39 is 15.7 Å². The summed E-state index contributed by atoms with van der Waals surface area (Å²) in [5, 5.41) is 0.890. The molecule has 0 spiro atoms. The molecule has 2 aromatic rings. The van der Waals surface area contributed by atoms with Gasteiger partial charge in [-0.25, -0.2) is 12.8 Å². The molecule has 2 aliphatic rings. The van der Waals surface area contributed by atoms with Crippen molar-refractivity contribution in [3.8, 4) is 5.75 Å². The fourth-order valence-corrected chi connectivity index (χ4v) is 7.36. The number of halogens is 2. The van der Waals surface area contributed by atoms with Gasteiger partial charge >= 0.3 is 0 Å². The Hall–Kier alpha value is -1.77. The first-order valence-corrected chi connectivity index (χ1v) is 11.7. The van der Waals surface area contributed by atoms with Gasteiger partial charge in [-0.05, 0) is 24.3 Å². The van der Waals surface area contributed by atoms with Crippen molar-refractivity contribution in [2.24, 2.45) is 4.99 Å². The Balaban J connectivity index is 1.72. The number of methoxy groups -OCH3 is 1. The van der Waals surface area contributed by atoms with E-state index in [0.717, 1.165) is 5.69 Å². The summed E-state index contributed by atoms with van der Waals surface area (Å²) in [5.41, 5.74) is 1.13. The second-order valence-corrected chi connectivity index (χ2v) is 10.5. The van der Waals surface area contributed by atoms with E-state index >= 15 is 0 Å². The highest BCUT2D eigenvalue weighted by Crippen LogP contribution is 2.38. The Morgan fingerprint density at radius 3 is 2.79 bits per heavy atom. The van der Waals surface area contributed by atoms with E-state index in [9.17, 15) is 12.8 Å². The molecule has 2 atom stereocenters. The first kappa shape index (κ1) is 19.5. The highest BCUT2D eigenvalue weighted by atomic mass is 35.5. The van der Waals surface area contributed by atoms with E-state index in [0.29, 0.717) is 21.5 Å². The molecule has 1 fully saturated rings. The van der Waals surface area contributed by atoms with E-state index in [1.807, 2.05) is 29.2 Å². The van der Waals surface area contributed by atoms with Gasteiger partial charge in [0.05, 0.1) is 31.2 Å². The summed E-state index contributed by atoms with van der Waals surface area (Å²) >= 11 is 7.66. The summed E-state index contributed by atoms with van der Waals surface area (Å²) in [6, 6.07) is 11.7. The lowest BCUT2D eigenvalue weighted by Gasteiger charge is -2.25. The van der Waals surface area contributed by atoms with Crippen molar-refractivity contribution >= 4 is 44.1 Å². The molecule has 5 nitrogen and oxygen atoms in total. The zero-order valence-electron chi connectivity index (χ0n) is 15.0. The average molecular weight is 441 g/mol. The molecule has 2 heterocycles. The fourth-order valence-electron chi connectivity index (χ4n) is 3.36. The topological polar surface area (TPSA) is 59.0 Å². The molecule has 0 saturated carbocycles. The number of amidine groups is 1. The number of nitrogens with zero attached hydrogens (tertiary/aromatic N) is 2. The predicted octanol–water partition coefficient (Wildman–Crippen LogP) is 3.76. The monoisotopic (exact) mass is 440 g/mol. The third-order valence-corrected chi connectivity index (χ3v) is 8.38. The van der Waals surface area contributed by atoms with E-state index in [2.05, 4.69) is 4.99 Å². The van der Waals surface area contributed by atoms with Crippen molar-refractivity contribution < 1.29 is 17.5 Å². The van der Waals surface area contributed by atoms with E-state index in [4.69, 9.17) is 16.3 Å². The standard InChI is InChI=1S/C19H18ClFN2O3S2/c1-26-13-5-2-4-12(8-13)23(9-14-15(20)6-3-7-16(14)21)19-22-17-10-28(24,25)11-18(17)27-19/h2-8,17-18H,9-11H2,1H3/t17-,18-/m1/s1. The molecule has 2 aliphatic heterocycles. The van der Waals surface area contributed by atoms with Crippen LogP contribution in [0, 0.1) is 5.82 Å². The molecule has 0 bridgehead atoms. The minimum absolute atomic E-state index is 0.0561. The SMILES string of the molecule is COc1cccc(N(Cc2c(F)cccc2Cl)C2=N[C@@H]3CS(=O)(=O)C[C@H]3S2)c1. The van der Waals surface area contributed by atoms with Gasteiger partial charge in [0.1, 0.15) is 11.6 Å². The Labute approximate surface area is 172 Å². The number of fused-ring (bicyclic) bond motifs is 1. The van der Waals surface area contributed by atoms with Crippen LogP contribution >= 0.6 is 23.4 Å². The van der Waals surface area contributed by atoms with Gasteiger partial charge in [0.15, 0.2) is 15.0 Å². The van der Waals surface area contributed by atoms with Crippen LogP contribution in [0.4, 0.5) is 10.1 Å². The third kappa shape index (κ3) is 3.86. The molecule has 0 aliphatic carbocycles. The van der Waals surface area contributed by atoms with Gasteiger partial charge in [-0.1, -0.05) is 35.5 Å². The molecule has 148 valence electrons. The van der Waals surface area contributed by atoms with Crippen molar-refractivity contribution in [2.45, 2.75) is 17.8 Å². The zero-order chi connectivity index (χ0) is 19.9. The minimum atomic E-state index is -3.05. The van der Waals surface area contributed by atoms with Crippen molar-refractivity contribution in [1.82, 2.24) is 0 Å². The summed E-state index contributed by atoms with van der Waals surface area (Å²) in [4.78, 5) is 6.52. The van der Waals surface area contributed by atoms with E-state index in [1.165, 1.54) is 17.8 Å². The van der Waals surface area contributed by atoms with Gasteiger partial charge in [-0.3, -0.25) is 4.99 Å². The first-order valence-electron chi connectivity index (χ1n) is 8.65. The second-order valence-electron chi connectivity index (χ2n) is 6.70. The molecular formula is C19H18ClFN2O3S2. The van der Waals surface area contributed by atoms with Gasteiger partial charge in [0.2, 0.25) is 0 Å². The maximum atomic E-state index is 14.4. The van der Waals surface area contributed by atoms with Crippen LogP contribution in [0.5, 0.6) is 5.75 Å². The number of ether oxygens (including phenoxy) is 1.